The van der Waals surface area contributed by atoms with Crippen LogP contribution in [0.4, 0.5) is 0 Å². The van der Waals surface area contributed by atoms with Gasteiger partial charge in [0, 0.05) is 0 Å². The van der Waals surface area contributed by atoms with Gasteiger partial charge in [0.1, 0.15) is 34.5 Å². The van der Waals surface area contributed by atoms with E-state index in [9.17, 15) is 0 Å². The Kier molecular flexibility index (Phi) is 71.8. The minimum absolute atomic E-state index is 0.777. The maximum absolute atomic E-state index is 6.57. The maximum atomic E-state index is 6.57. The lowest BCUT2D eigenvalue weighted by molar-refractivity contribution is 0.304. The number of rotatable bonds is 96. The molecule has 0 saturated carbocycles. The molecule has 0 fully saturated rings. The number of aryl methyl sites for hydroxylation is 6. The molecular formula is C132H210O6. The largest absolute Gasteiger partial charge is 0.494 e. The molecule has 138 heavy (non-hydrogen) atoms. The van der Waals surface area contributed by atoms with Gasteiger partial charge in [-0.05, 0) is 255 Å². The van der Waals surface area contributed by atoms with Crippen LogP contribution < -0.4 is 28.4 Å². The average Bonchev–Trinajstić information content (AvgIpc) is 0.760. The Morgan fingerprint density at radius 2 is 0.203 bits per heavy atom. The summed E-state index contributed by atoms with van der Waals surface area (Å²) in [6.45, 7) is 18.6. The first-order chi connectivity index (χ1) is 68.4. The van der Waals surface area contributed by atoms with Gasteiger partial charge in [-0.3, -0.25) is 0 Å². The van der Waals surface area contributed by atoms with Crippen LogP contribution in [0.25, 0.3) is 0 Å². The van der Waals surface area contributed by atoms with E-state index in [0.29, 0.717) is 0 Å². The summed E-state index contributed by atoms with van der Waals surface area (Å²) in [5.41, 5.74) is 17.7. The highest BCUT2D eigenvalue weighted by molar-refractivity contribution is 5.55. The van der Waals surface area contributed by atoms with Crippen LogP contribution in [0.1, 0.15) is 532 Å². The molecule has 0 aromatic heterocycles. The van der Waals surface area contributed by atoms with Crippen molar-refractivity contribution in [2.24, 2.45) is 0 Å². The Morgan fingerprint density at radius 3 is 0.304 bits per heavy atom. The van der Waals surface area contributed by atoms with Crippen molar-refractivity contribution in [3.63, 3.8) is 0 Å². The van der Waals surface area contributed by atoms with Crippen LogP contribution in [0.15, 0.2) is 146 Å². The second-order valence-electron chi connectivity index (χ2n) is 42.0. The molecule has 0 amide bonds. The third kappa shape index (κ3) is 58.2. The number of hydrogen-bond donors (Lipinski definition) is 0. The number of benzene rings is 7. The highest BCUT2D eigenvalue weighted by Gasteiger charge is 2.25. The van der Waals surface area contributed by atoms with Crippen LogP contribution in [0.5, 0.6) is 34.5 Å². The lowest BCUT2D eigenvalue weighted by atomic mass is 9.76. The molecular weight excluding hydrogens is 1680 g/mol. The molecule has 0 bridgehead atoms. The molecule has 7 aromatic carbocycles. The van der Waals surface area contributed by atoms with Gasteiger partial charge in [0.15, 0.2) is 0 Å². The van der Waals surface area contributed by atoms with Crippen LogP contribution in [-0.2, 0) is 77.0 Å². The van der Waals surface area contributed by atoms with Crippen molar-refractivity contribution < 1.29 is 28.4 Å². The van der Waals surface area contributed by atoms with E-state index >= 15 is 0 Å². The SMILES string of the molecule is CCCCCCCCCCCCCOc1ccc(CCc2c(CCc3ccc(OCCCCCCCCCCCCC)cc3)c(CCc3ccc(OCCCCCCCCCCCCC)cc3)c(CCc3ccc(OCCCCCCCCCCCCC)cc3)c(CCc3ccc(OCCCCCCCCCCCCC)cc3)c2CCc2ccc(OCCCCCCCCCCCCC)cc2)cc1. The third-order valence-corrected chi connectivity index (χ3v) is 29.8. The first kappa shape index (κ1) is 118. The highest BCUT2D eigenvalue weighted by atomic mass is 16.5. The molecule has 0 spiro atoms. The molecule has 0 heterocycles. The molecule has 7 aromatic rings. The fourth-order valence-electron chi connectivity index (χ4n) is 20.8. The normalized spacial score (nSPS) is 11.5. The second-order valence-corrected chi connectivity index (χ2v) is 42.0. The van der Waals surface area contributed by atoms with Crippen molar-refractivity contribution in [3.8, 4) is 34.5 Å². The standard InChI is InChI=1S/C132H210O6/c1-7-13-19-25-31-37-43-49-55-61-67-109-133-121-91-73-115(74-92-121)85-103-127-128(104-86-116-75-93-122(94-76-116)134-110-68-62-56-50-44-38-32-26-20-14-8-2)130(106-88-118-79-97-124(98-80-118)136-112-70-64-58-52-46-40-34-28-22-16-10-4)132(108-90-120-83-101-126(102-84-120)138-114-72-66-60-54-48-42-36-30-24-18-12-6)131(107-89-119-81-99-125(100-82-119)137-113-71-65-59-53-47-41-35-29-23-17-11-5)129(127)105-87-117-77-95-123(96-78-117)135-111-69-63-57-51-45-39-33-27-21-15-9-3/h73-84,91-102H,7-72,85-90,103-114H2,1-6H3. The Balaban J connectivity index is 1.26. The molecule has 0 radical (unpaired) electrons. The predicted molar refractivity (Wildman–Crippen MR) is 601 cm³/mol. The van der Waals surface area contributed by atoms with Crippen molar-refractivity contribution in [1.82, 2.24) is 0 Å². The van der Waals surface area contributed by atoms with Gasteiger partial charge < -0.3 is 28.4 Å². The van der Waals surface area contributed by atoms with Crippen molar-refractivity contribution in [2.75, 3.05) is 39.6 Å². The molecule has 6 heteroatoms. The molecule has 0 aliphatic carbocycles. The zero-order chi connectivity index (χ0) is 97.0. The van der Waals surface area contributed by atoms with Gasteiger partial charge in [-0.2, -0.15) is 0 Å². The quantitative estimate of drug-likeness (QED) is 0.0354. The fraction of sp³-hybridized carbons (Fsp3) is 0.682. The molecule has 0 N–H and O–H groups in total. The fourth-order valence-corrected chi connectivity index (χ4v) is 20.8. The lowest BCUT2D eigenvalue weighted by Crippen LogP contribution is -2.18. The Labute approximate surface area is 851 Å². The van der Waals surface area contributed by atoms with Crippen LogP contribution in [-0.4, -0.2) is 39.6 Å². The van der Waals surface area contributed by atoms with E-state index in [0.717, 1.165) is 190 Å². The third-order valence-electron chi connectivity index (χ3n) is 29.8. The molecule has 0 aliphatic heterocycles. The summed E-state index contributed by atoms with van der Waals surface area (Å²) in [6, 6.07) is 55.9. The van der Waals surface area contributed by atoms with Crippen molar-refractivity contribution >= 4 is 0 Å². The molecule has 774 valence electrons. The van der Waals surface area contributed by atoms with E-state index in [1.807, 2.05) is 0 Å². The van der Waals surface area contributed by atoms with E-state index in [2.05, 4.69) is 187 Å². The van der Waals surface area contributed by atoms with Gasteiger partial charge in [0.2, 0.25) is 0 Å². The smallest absolute Gasteiger partial charge is 0.119 e. The molecule has 0 saturated heterocycles. The van der Waals surface area contributed by atoms with Crippen LogP contribution >= 0.6 is 0 Å². The van der Waals surface area contributed by atoms with E-state index in [4.69, 9.17) is 28.4 Å². The van der Waals surface area contributed by atoms with Crippen molar-refractivity contribution in [2.45, 2.75) is 542 Å². The van der Waals surface area contributed by atoms with E-state index in [-0.39, 0.29) is 0 Å². The van der Waals surface area contributed by atoms with Gasteiger partial charge in [0.05, 0.1) is 39.6 Å². The van der Waals surface area contributed by atoms with Crippen molar-refractivity contribution in [1.29, 1.82) is 0 Å². The summed E-state index contributed by atoms with van der Waals surface area (Å²) < 4.78 is 39.4. The second kappa shape index (κ2) is 83.8. The number of hydrogen-bond acceptors (Lipinski definition) is 6. The Hall–Kier alpha value is -6.66. The minimum Gasteiger partial charge on any atom is -0.494 e. The molecule has 0 unspecified atom stereocenters. The van der Waals surface area contributed by atoms with E-state index in [1.54, 1.807) is 33.4 Å². The number of ether oxygens (including phenoxy) is 6. The molecule has 0 atom stereocenters. The zero-order valence-electron chi connectivity index (χ0n) is 90.7. The van der Waals surface area contributed by atoms with Gasteiger partial charge in [-0.15, -0.1) is 0 Å². The van der Waals surface area contributed by atoms with Gasteiger partial charge in [-0.1, -0.05) is 500 Å². The molecule has 0 aliphatic rings. The first-order valence-corrected chi connectivity index (χ1v) is 59.9. The van der Waals surface area contributed by atoms with Gasteiger partial charge >= 0.3 is 0 Å². The Bertz CT molecular complexity index is 3200. The van der Waals surface area contributed by atoms with Crippen molar-refractivity contribution in [3.05, 3.63) is 212 Å². The minimum atomic E-state index is 0.777. The number of unbranched alkanes of at least 4 members (excludes halogenated alkanes) is 60. The van der Waals surface area contributed by atoms with Gasteiger partial charge in [-0.25, -0.2) is 0 Å². The Morgan fingerprint density at radius 1 is 0.109 bits per heavy atom. The van der Waals surface area contributed by atoms with Crippen LogP contribution in [0, 0.1) is 0 Å². The molecule has 7 rings (SSSR count). The monoisotopic (exact) mass is 1890 g/mol. The summed E-state index contributed by atoms with van der Waals surface area (Å²) in [5, 5.41) is 0. The topological polar surface area (TPSA) is 55.4 Å². The van der Waals surface area contributed by atoms with E-state index in [1.165, 1.54) is 419 Å². The maximum Gasteiger partial charge on any atom is 0.119 e. The van der Waals surface area contributed by atoms with E-state index < -0.39 is 0 Å². The van der Waals surface area contributed by atoms with Crippen LogP contribution in [0.3, 0.4) is 0 Å². The van der Waals surface area contributed by atoms with Crippen LogP contribution in [0.2, 0.25) is 0 Å². The lowest BCUT2D eigenvalue weighted by Gasteiger charge is -2.28. The average molecular weight is 1890 g/mol. The molecule has 6 nitrogen and oxygen atoms in total. The summed E-state index contributed by atoms with van der Waals surface area (Å²) in [5.74, 6) is 5.95. The highest BCUT2D eigenvalue weighted by Crippen LogP contribution is 2.38. The summed E-state index contributed by atoms with van der Waals surface area (Å²) in [6.07, 6.45) is 99.4. The summed E-state index contributed by atoms with van der Waals surface area (Å²) >= 11 is 0. The summed E-state index contributed by atoms with van der Waals surface area (Å²) in [7, 11) is 0. The first-order valence-electron chi connectivity index (χ1n) is 59.9. The van der Waals surface area contributed by atoms with Gasteiger partial charge in [0.25, 0.3) is 0 Å². The predicted octanol–water partition coefficient (Wildman–Crippen LogP) is 40.5. The zero-order valence-corrected chi connectivity index (χ0v) is 90.7. The summed E-state index contributed by atoms with van der Waals surface area (Å²) in [4.78, 5) is 0.